The number of allylic oxidation sites excluding steroid dienone is 2. The van der Waals surface area contributed by atoms with Crippen molar-refractivity contribution in [2.75, 3.05) is 13.1 Å². The molecule has 0 fully saturated rings. The minimum Gasteiger partial charge on any atom is -0.338 e. The Morgan fingerprint density at radius 2 is 1.69 bits per heavy atom. The first-order valence-electron chi connectivity index (χ1n) is 9.82. The van der Waals surface area contributed by atoms with Crippen molar-refractivity contribution in [2.45, 2.75) is 77.6 Å². The lowest BCUT2D eigenvalue weighted by Gasteiger charge is -2.06. The zero-order valence-electron chi connectivity index (χ0n) is 15.9. The average Bonchev–Trinajstić information content (AvgIpc) is 3.05. The quantitative estimate of drug-likeness (QED) is 0.296. The van der Waals surface area contributed by atoms with Gasteiger partial charge >= 0.3 is 17.3 Å². The number of carbonyl (C=O) groups excluding carboxylic acids is 1. The van der Waals surface area contributed by atoms with Gasteiger partial charge in [0.1, 0.15) is 0 Å². The molecule has 0 bridgehead atoms. The Morgan fingerprint density at radius 3 is 2.31 bits per heavy atom. The second-order valence-electron chi connectivity index (χ2n) is 6.41. The van der Waals surface area contributed by atoms with Crippen molar-refractivity contribution < 1.29 is 13.3 Å². The van der Waals surface area contributed by atoms with Crippen molar-refractivity contribution in [1.29, 1.82) is 0 Å². The van der Waals surface area contributed by atoms with Crippen LogP contribution in [-0.2, 0) is 15.6 Å². The molecule has 2 amide bonds. The molecule has 3 N–H and O–H groups in total. The molecule has 0 radical (unpaired) electrons. The first-order valence-corrected chi connectivity index (χ1v) is 10.9. The number of nitrogens with one attached hydrogen (secondary N) is 3. The van der Waals surface area contributed by atoms with E-state index in [-0.39, 0.29) is 6.03 Å². The molecular formula is C18H34N4O3S. The molecule has 1 atom stereocenters. The van der Waals surface area contributed by atoms with E-state index in [1.54, 1.807) is 0 Å². The summed E-state index contributed by atoms with van der Waals surface area (Å²) in [5.74, 6) is 0.683. The number of amides is 2. The number of amidine groups is 1. The van der Waals surface area contributed by atoms with Crippen molar-refractivity contribution in [2.24, 2.45) is 5.16 Å². The summed E-state index contributed by atoms with van der Waals surface area (Å²) in [6.45, 7) is 3.65. The molecule has 26 heavy (non-hydrogen) atoms. The molecule has 1 aliphatic heterocycles. The first-order chi connectivity index (χ1) is 12.7. The van der Waals surface area contributed by atoms with Crippen LogP contribution in [0, 0.1) is 0 Å². The molecule has 0 spiro atoms. The largest absolute Gasteiger partial charge is 0.338 e. The number of hydrogen-bond acceptors (Lipinski definition) is 4. The highest BCUT2D eigenvalue weighted by molar-refractivity contribution is 7.79. The van der Waals surface area contributed by atoms with Crippen LogP contribution in [0.4, 0.5) is 4.79 Å². The van der Waals surface area contributed by atoms with Crippen LogP contribution >= 0.6 is 0 Å². The summed E-state index contributed by atoms with van der Waals surface area (Å²) in [4.78, 5) is 11.5. The van der Waals surface area contributed by atoms with Gasteiger partial charge in [0.25, 0.3) is 0 Å². The zero-order chi connectivity index (χ0) is 18.9. The summed E-state index contributed by atoms with van der Waals surface area (Å²) in [6, 6.07) is -0.0479. The van der Waals surface area contributed by atoms with Gasteiger partial charge in [0, 0.05) is 19.5 Å². The number of unbranched alkanes of at least 4 members (excludes halogenated alkanes) is 7. The van der Waals surface area contributed by atoms with Crippen molar-refractivity contribution in [3.63, 3.8) is 0 Å². The fourth-order valence-electron chi connectivity index (χ4n) is 2.50. The van der Waals surface area contributed by atoms with E-state index in [0.717, 1.165) is 77.3 Å². The summed E-state index contributed by atoms with van der Waals surface area (Å²) in [5.41, 5.74) is 0. The summed E-state index contributed by atoms with van der Waals surface area (Å²) in [6.07, 6.45) is 16.2. The lowest BCUT2D eigenvalue weighted by atomic mass is 10.1. The summed E-state index contributed by atoms with van der Waals surface area (Å²) < 4.78 is 18.1. The van der Waals surface area contributed by atoms with Gasteiger partial charge in [-0.3, -0.25) is 9.01 Å². The van der Waals surface area contributed by atoms with Crippen LogP contribution < -0.4 is 15.4 Å². The van der Waals surface area contributed by atoms with E-state index >= 15 is 0 Å². The van der Waals surface area contributed by atoms with E-state index in [2.05, 4.69) is 43.9 Å². The van der Waals surface area contributed by atoms with Gasteiger partial charge in [0.2, 0.25) is 0 Å². The number of hydrogen-bond donors (Lipinski definition) is 3. The third-order valence-corrected chi connectivity index (χ3v) is 4.63. The molecule has 0 aromatic rings. The van der Waals surface area contributed by atoms with Crippen molar-refractivity contribution in [3.05, 3.63) is 12.2 Å². The van der Waals surface area contributed by atoms with Gasteiger partial charge in [-0.15, -0.1) is 0 Å². The van der Waals surface area contributed by atoms with Crippen LogP contribution in [-0.4, -0.2) is 29.2 Å². The fourth-order valence-corrected chi connectivity index (χ4v) is 3.03. The Bertz CT molecular complexity index is 469. The van der Waals surface area contributed by atoms with Crippen LogP contribution in [0.25, 0.3) is 0 Å². The minimum atomic E-state index is -1.47. The Kier molecular flexibility index (Phi) is 13.5. The maximum absolute atomic E-state index is 11.5. The monoisotopic (exact) mass is 386 g/mol. The third kappa shape index (κ3) is 12.7. The Morgan fingerprint density at radius 1 is 1.04 bits per heavy atom. The fraction of sp³-hybridized carbons (Fsp3) is 0.778. The third-order valence-electron chi connectivity index (χ3n) is 4.02. The number of rotatable bonds is 15. The van der Waals surface area contributed by atoms with E-state index in [1.165, 1.54) is 6.42 Å². The summed E-state index contributed by atoms with van der Waals surface area (Å²) in [5, 5.41) is 9.46. The summed E-state index contributed by atoms with van der Waals surface area (Å²) in [7, 11) is 0. The molecule has 1 rings (SSSR count). The molecule has 1 aliphatic rings. The zero-order valence-corrected chi connectivity index (χ0v) is 16.7. The molecule has 150 valence electrons. The van der Waals surface area contributed by atoms with E-state index in [4.69, 9.17) is 0 Å². The molecule has 1 unspecified atom stereocenters. The molecule has 0 aromatic carbocycles. The maximum atomic E-state index is 11.5. The molecular weight excluding hydrogens is 352 g/mol. The molecule has 0 aliphatic carbocycles. The van der Waals surface area contributed by atoms with E-state index in [9.17, 15) is 9.00 Å². The van der Waals surface area contributed by atoms with E-state index in [1.807, 2.05) is 0 Å². The molecule has 0 saturated heterocycles. The second kappa shape index (κ2) is 15.7. The highest BCUT2D eigenvalue weighted by Gasteiger charge is 2.12. The smallest absolute Gasteiger partial charge is 0.338 e. The van der Waals surface area contributed by atoms with E-state index in [0.29, 0.717) is 5.84 Å². The van der Waals surface area contributed by atoms with Gasteiger partial charge in [0.05, 0.1) is 0 Å². The van der Waals surface area contributed by atoms with Crippen LogP contribution in [0.2, 0.25) is 0 Å². The maximum Gasteiger partial charge on any atom is 0.338 e. The molecule has 0 saturated carbocycles. The predicted molar refractivity (Wildman–Crippen MR) is 107 cm³/mol. The first kappa shape index (κ1) is 22.5. The number of urea groups is 1. The Hall–Kier alpha value is -1.57. The SMILES string of the molecule is CCCCCNC(=O)NCCCC/C=C/CCCCCC1=NOS(=O)N1. The minimum absolute atomic E-state index is 0.0479. The van der Waals surface area contributed by atoms with Gasteiger partial charge in [0.15, 0.2) is 5.84 Å². The van der Waals surface area contributed by atoms with Crippen LogP contribution in [0.15, 0.2) is 17.3 Å². The lowest BCUT2D eigenvalue weighted by Crippen LogP contribution is -2.36. The standard InChI is InChI=1S/C18H34N4O3S/c1-2-3-12-15-19-18(23)20-16-13-10-8-6-4-5-7-9-11-14-17-21-25-26(24)22-17/h4,6H,2-3,5,7-16H2,1H3,(H,21,22)(H2,19,20,23)/b6-4+. The lowest BCUT2D eigenvalue weighted by molar-refractivity contribution is 0.240. The Labute approximate surface area is 160 Å². The average molecular weight is 387 g/mol. The van der Waals surface area contributed by atoms with Gasteiger partial charge in [-0.2, -0.15) is 4.21 Å². The second-order valence-corrected chi connectivity index (χ2v) is 7.23. The molecule has 8 heteroatoms. The van der Waals surface area contributed by atoms with Gasteiger partial charge < -0.3 is 10.6 Å². The van der Waals surface area contributed by atoms with Gasteiger partial charge in [-0.1, -0.05) is 43.5 Å². The highest BCUT2D eigenvalue weighted by atomic mass is 32.2. The highest BCUT2D eigenvalue weighted by Crippen LogP contribution is 2.07. The van der Waals surface area contributed by atoms with Crippen LogP contribution in [0.1, 0.15) is 77.6 Å². The van der Waals surface area contributed by atoms with Gasteiger partial charge in [-0.05, 0) is 44.9 Å². The molecule has 1 heterocycles. The van der Waals surface area contributed by atoms with Crippen LogP contribution in [0.3, 0.4) is 0 Å². The van der Waals surface area contributed by atoms with Crippen molar-refractivity contribution in [1.82, 2.24) is 15.4 Å². The van der Waals surface area contributed by atoms with Crippen LogP contribution in [0.5, 0.6) is 0 Å². The topological polar surface area (TPSA) is 91.8 Å². The normalized spacial score (nSPS) is 16.2. The molecule has 7 nitrogen and oxygen atoms in total. The number of carbonyl (C=O) groups is 1. The number of nitrogens with zero attached hydrogens (tertiary/aromatic N) is 1. The van der Waals surface area contributed by atoms with Crippen molar-refractivity contribution in [3.8, 4) is 0 Å². The van der Waals surface area contributed by atoms with Crippen molar-refractivity contribution >= 4 is 23.1 Å². The van der Waals surface area contributed by atoms with Gasteiger partial charge in [-0.25, -0.2) is 4.79 Å². The van der Waals surface area contributed by atoms with E-state index < -0.39 is 11.3 Å². The molecule has 0 aromatic heterocycles. The Balaban J connectivity index is 1.80. The predicted octanol–water partition coefficient (Wildman–Crippen LogP) is 3.66. The number of oxime groups is 1. The summed E-state index contributed by atoms with van der Waals surface area (Å²) >= 11 is -1.47.